The number of β-amino-alcohol motifs (C(OH)–C–C–N with tert-alkyl or cyclic N) is 2. The van der Waals surface area contributed by atoms with Gasteiger partial charge in [-0.2, -0.15) is 20.7 Å². The van der Waals surface area contributed by atoms with Gasteiger partial charge in [0.1, 0.15) is 29.4 Å². The monoisotopic (exact) mass is 974 g/mol. The molecule has 2 saturated heterocycles. The SMILES string of the molecule is [2H]C([2H])([2H])O[C@H]1CN(c2ccn(-c3cc(-c4c(F)cccc4C#N)nc4c3C(=O)N(C(=O)OC(C)(C)C)C4)n2)C[C@H]1O.[2H]C([2H])([2H])O[C@H]1CN(c2ccn(-c3cc(-c4c(F)cccc4C#N)nc4c3C(=O)NC4)n2)C[C@H]1O. The zero-order chi connectivity index (χ0) is 55.5. The largest absolute Gasteiger partial charge is 0.443 e. The van der Waals surface area contributed by atoms with Crippen molar-refractivity contribution >= 4 is 29.5 Å². The minimum absolute atomic E-state index is 0.0224. The van der Waals surface area contributed by atoms with E-state index in [1.54, 1.807) is 48.9 Å². The molecule has 0 bridgehead atoms. The van der Waals surface area contributed by atoms with Gasteiger partial charge in [-0.15, -0.1) is 0 Å². The zero-order valence-electron chi connectivity index (χ0n) is 44.0. The second-order valence-electron chi connectivity index (χ2n) is 17.8. The molecular weight excluding hydrogens is 923 g/mol. The van der Waals surface area contributed by atoms with Crippen LogP contribution in [0.2, 0.25) is 0 Å². The zero-order valence-corrected chi connectivity index (χ0v) is 38.0. The molecule has 4 aliphatic heterocycles. The summed E-state index contributed by atoms with van der Waals surface area (Å²) in [6.45, 7) is 5.19. The molecule has 4 aliphatic rings. The summed E-state index contributed by atoms with van der Waals surface area (Å²) in [4.78, 5) is 52.1. The van der Waals surface area contributed by atoms with E-state index in [4.69, 9.17) is 22.4 Å². The fourth-order valence-corrected chi connectivity index (χ4v) is 8.69. The maximum atomic E-state index is 15.0. The normalized spacial score (nSPS) is 20.8. The number of fused-ring (bicyclic) bond motifs is 2. The van der Waals surface area contributed by atoms with Crippen LogP contribution in [-0.2, 0) is 27.3 Å². The number of amides is 3. The van der Waals surface area contributed by atoms with Gasteiger partial charge in [-0.25, -0.2) is 37.8 Å². The van der Waals surface area contributed by atoms with E-state index in [0.29, 0.717) is 23.0 Å². The summed E-state index contributed by atoms with van der Waals surface area (Å²) in [5, 5.41) is 51.4. The van der Waals surface area contributed by atoms with Crippen LogP contribution in [-0.4, -0.2) is 133 Å². The van der Waals surface area contributed by atoms with Gasteiger partial charge in [0.25, 0.3) is 11.8 Å². The lowest BCUT2D eigenvalue weighted by Gasteiger charge is -2.23. The molecule has 0 unspecified atom stereocenters. The highest BCUT2D eigenvalue weighted by molar-refractivity contribution is 6.09. The summed E-state index contributed by atoms with van der Waals surface area (Å²) in [5.74, 6) is -1.60. The average Bonchev–Trinajstić information content (AvgIpc) is 4.32. The van der Waals surface area contributed by atoms with Gasteiger partial charge in [-0.1, -0.05) is 12.1 Å². The van der Waals surface area contributed by atoms with Crippen molar-refractivity contribution in [2.75, 3.05) is 50.1 Å². The number of carbonyl (C=O) groups excluding carboxylic acids is 3. The first-order chi connectivity index (χ1) is 36.3. The Morgan fingerprint density at radius 3 is 1.76 bits per heavy atom. The van der Waals surface area contributed by atoms with Crippen molar-refractivity contribution in [1.29, 1.82) is 10.5 Å². The number of hydrogen-bond acceptors (Lipinski definition) is 16. The molecule has 10 rings (SSSR count). The lowest BCUT2D eigenvalue weighted by molar-refractivity contribution is 0.0217. The van der Waals surface area contributed by atoms with Crippen molar-refractivity contribution in [3.63, 3.8) is 0 Å². The number of anilines is 2. The number of aliphatic hydroxyl groups excluding tert-OH is 2. The number of rotatable bonds is 8. The fraction of sp³-hybridized carbons (Fsp3) is 0.327. The third kappa shape index (κ3) is 9.12. The molecule has 0 aliphatic carbocycles. The number of nitrogens with one attached hydrogen (secondary N) is 1. The highest BCUT2D eigenvalue weighted by Gasteiger charge is 2.40. The van der Waals surface area contributed by atoms with E-state index in [-0.39, 0.29) is 101 Å². The first-order valence-corrected chi connectivity index (χ1v) is 21.9. The Hall–Kier alpha value is -8.15. The van der Waals surface area contributed by atoms with Crippen LogP contribution in [0.3, 0.4) is 0 Å². The first kappa shape index (κ1) is 40.7. The molecule has 6 aromatic rings. The third-order valence-corrected chi connectivity index (χ3v) is 12.0. The molecule has 20 nitrogen and oxygen atoms in total. The third-order valence-electron chi connectivity index (χ3n) is 12.0. The van der Waals surface area contributed by atoms with Crippen LogP contribution in [0.15, 0.2) is 73.1 Å². The summed E-state index contributed by atoms with van der Waals surface area (Å²) in [7, 11) is -5.33. The summed E-state index contributed by atoms with van der Waals surface area (Å²) >= 11 is 0. The Kier molecular flexibility index (Phi) is 10.9. The molecule has 364 valence electrons. The molecular formula is C49H46F2N12O8. The van der Waals surface area contributed by atoms with E-state index in [1.807, 2.05) is 12.1 Å². The Labute approximate surface area is 413 Å². The summed E-state index contributed by atoms with van der Waals surface area (Å²) in [6.07, 6.45) is -1.76. The smallest absolute Gasteiger partial charge is 0.417 e. The number of benzene rings is 2. The molecule has 8 heterocycles. The number of aliphatic hydroxyl groups is 2. The molecule has 3 amide bonds. The van der Waals surface area contributed by atoms with E-state index >= 15 is 4.39 Å². The Balaban J connectivity index is 0.000000191. The standard InChI is InChI=1S/C27H27FN6O5.C22H19FN6O3/c1-27(2,3)39-26(37)33-12-18-24(25(33)36)19(10-17(30-18)23-15(11-29)6-5-7-16(23)28)34-9-8-22(31-34)32-13-20(35)21(14-32)38-4;1-32-18-11-28(10-17(18)30)19-5-6-29(27-19)16-7-14(26-15-9-25-22(31)21(15)16)20-12(8-24)3-2-4-13(20)23/h5-10,20-21,35H,12-14H2,1-4H3;2-7,17-18,30H,9-11H2,1H3,(H,25,31)/t20-,21+;17-,18+/m11/s1/i4D3;1D3. The molecule has 0 radical (unpaired) electrons. The number of pyridine rings is 2. The number of nitrogens with zero attached hydrogens (tertiary/aromatic N) is 11. The van der Waals surface area contributed by atoms with Gasteiger partial charge in [0.05, 0.1) is 113 Å². The quantitative estimate of drug-likeness (QED) is 0.191. The van der Waals surface area contributed by atoms with Crippen molar-refractivity contribution in [2.24, 2.45) is 0 Å². The fourth-order valence-electron chi connectivity index (χ4n) is 8.69. The van der Waals surface area contributed by atoms with Crippen molar-refractivity contribution in [3.05, 3.63) is 118 Å². The summed E-state index contributed by atoms with van der Waals surface area (Å²) in [6, 6.07) is 18.2. The van der Waals surface area contributed by atoms with Crippen molar-refractivity contribution in [3.8, 4) is 46.0 Å². The number of aromatic nitrogens is 6. The van der Waals surface area contributed by atoms with Gasteiger partial charge in [-0.3, -0.25) is 9.59 Å². The molecule has 0 spiro atoms. The van der Waals surface area contributed by atoms with Crippen LogP contribution in [0.25, 0.3) is 33.9 Å². The highest BCUT2D eigenvalue weighted by atomic mass is 19.1. The topological polar surface area (TPSA) is 250 Å². The number of halogens is 2. The predicted octanol–water partition coefficient (Wildman–Crippen LogP) is 4.42. The average molecular weight is 975 g/mol. The predicted molar refractivity (Wildman–Crippen MR) is 248 cm³/mol. The molecule has 22 heteroatoms. The minimum atomic E-state index is -2.69. The summed E-state index contributed by atoms with van der Waals surface area (Å²) in [5.41, 5.74) is 0.824. The maximum Gasteiger partial charge on any atom is 0.417 e. The Morgan fingerprint density at radius 1 is 0.761 bits per heavy atom. The number of hydrogen-bond donors (Lipinski definition) is 3. The molecule has 2 aromatic carbocycles. The van der Waals surface area contributed by atoms with Crippen LogP contribution in [0.1, 0.15) is 72.2 Å². The summed E-state index contributed by atoms with van der Waals surface area (Å²) < 4.78 is 91.7. The van der Waals surface area contributed by atoms with Crippen LogP contribution >= 0.6 is 0 Å². The molecule has 2 fully saturated rings. The van der Waals surface area contributed by atoms with Crippen LogP contribution in [0.4, 0.5) is 25.2 Å². The van der Waals surface area contributed by atoms with Gasteiger partial charge >= 0.3 is 6.09 Å². The lowest BCUT2D eigenvalue weighted by Crippen LogP contribution is -2.37. The Bertz CT molecular complexity index is 3430. The molecule has 71 heavy (non-hydrogen) atoms. The number of ether oxygens (including phenoxy) is 3. The van der Waals surface area contributed by atoms with Crippen molar-refractivity contribution in [2.45, 2.75) is 63.9 Å². The highest BCUT2D eigenvalue weighted by Crippen LogP contribution is 2.36. The molecule has 0 saturated carbocycles. The van der Waals surface area contributed by atoms with Crippen LogP contribution in [0, 0.1) is 34.3 Å². The van der Waals surface area contributed by atoms with Crippen LogP contribution in [0.5, 0.6) is 0 Å². The number of nitriles is 2. The van der Waals surface area contributed by atoms with Crippen molar-refractivity contribution in [1.82, 2.24) is 39.7 Å². The van der Waals surface area contributed by atoms with E-state index in [9.17, 15) is 39.5 Å². The molecule has 4 aromatic heterocycles. The molecule has 3 N–H and O–H groups in total. The first-order valence-electron chi connectivity index (χ1n) is 24.9. The molecule has 4 atom stereocenters. The number of carbonyl (C=O) groups is 3. The van der Waals surface area contributed by atoms with E-state index in [0.717, 1.165) is 4.90 Å². The second kappa shape index (κ2) is 19.0. The number of methoxy groups -OCH3 is 2. The Morgan fingerprint density at radius 2 is 1.27 bits per heavy atom. The van der Waals surface area contributed by atoms with Gasteiger partial charge in [-0.05, 0) is 57.2 Å². The van der Waals surface area contributed by atoms with Crippen LogP contribution < -0.4 is 15.1 Å². The van der Waals surface area contributed by atoms with Crippen molar-refractivity contribution < 1.29 is 55.8 Å². The van der Waals surface area contributed by atoms with Gasteiger partial charge in [0.15, 0.2) is 11.6 Å². The van der Waals surface area contributed by atoms with Gasteiger partial charge in [0, 0.05) is 64.8 Å². The number of imide groups is 1. The van der Waals surface area contributed by atoms with Gasteiger partial charge in [0.2, 0.25) is 0 Å². The van der Waals surface area contributed by atoms with E-state index in [2.05, 4.69) is 25.5 Å². The lowest BCUT2D eigenvalue weighted by atomic mass is 10.0. The maximum absolute atomic E-state index is 15.0. The van der Waals surface area contributed by atoms with Gasteiger partial charge < -0.3 is 39.5 Å². The minimum Gasteiger partial charge on any atom is -0.443 e. The van der Waals surface area contributed by atoms with E-state index in [1.165, 1.54) is 64.1 Å². The van der Waals surface area contributed by atoms with E-state index < -0.39 is 67.7 Å². The second-order valence-corrected chi connectivity index (χ2v) is 17.8.